The van der Waals surface area contributed by atoms with Crippen molar-refractivity contribution in [3.8, 4) is 11.4 Å². The van der Waals surface area contributed by atoms with Crippen molar-refractivity contribution in [1.29, 1.82) is 4.78 Å². The Balaban J connectivity index is 1.71. The number of nitrogens with one attached hydrogen (secondary N) is 2. The van der Waals surface area contributed by atoms with Crippen LogP contribution in [0.2, 0.25) is 5.15 Å². The minimum absolute atomic E-state index is 0.159. The normalized spacial score (nSPS) is 27.1. The fourth-order valence-corrected chi connectivity index (χ4v) is 6.43. The molecule has 0 bridgehead atoms. The van der Waals surface area contributed by atoms with Gasteiger partial charge in [-0.3, -0.25) is 4.78 Å². The molecule has 3 aromatic heterocycles. The Morgan fingerprint density at radius 2 is 2.20 bits per heavy atom. The van der Waals surface area contributed by atoms with Gasteiger partial charge in [0.15, 0.2) is 5.82 Å². The Kier molecular flexibility index (Phi) is 4.91. The number of halogens is 1. The van der Waals surface area contributed by atoms with E-state index in [2.05, 4.69) is 21.8 Å². The summed E-state index contributed by atoms with van der Waals surface area (Å²) >= 11 is 6.26. The van der Waals surface area contributed by atoms with Gasteiger partial charge in [0.25, 0.3) is 0 Å². The van der Waals surface area contributed by atoms with E-state index in [1.807, 2.05) is 12.1 Å². The van der Waals surface area contributed by atoms with Gasteiger partial charge < -0.3 is 14.6 Å². The highest BCUT2D eigenvalue weighted by molar-refractivity contribution is 7.92. The molecule has 3 aromatic rings. The molecule has 5 heterocycles. The number of aromatic nitrogens is 4. The zero-order chi connectivity index (χ0) is 20.9. The van der Waals surface area contributed by atoms with Crippen LogP contribution in [0.4, 0.5) is 5.82 Å². The predicted molar refractivity (Wildman–Crippen MR) is 117 cm³/mol. The van der Waals surface area contributed by atoms with Gasteiger partial charge in [-0.05, 0) is 31.9 Å². The van der Waals surface area contributed by atoms with Crippen LogP contribution < -0.4 is 4.90 Å². The lowest BCUT2D eigenvalue weighted by atomic mass is 10.1. The molecule has 0 amide bonds. The largest absolute Gasteiger partial charge is 0.377 e. The maximum Gasteiger partial charge on any atom is 0.162 e. The van der Waals surface area contributed by atoms with Crippen LogP contribution in [0.1, 0.15) is 30.7 Å². The van der Waals surface area contributed by atoms with Gasteiger partial charge in [-0.2, -0.15) is 0 Å². The summed E-state index contributed by atoms with van der Waals surface area (Å²) in [6.45, 7) is 4.06. The molecule has 0 saturated carbocycles. The number of pyridine rings is 1. The van der Waals surface area contributed by atoms with Gasteiger partial charge in [-0.1, -0.05) is 11.6 Å². The van der Waals surface area contributed by atoms with E-state index in [9.17, 15) is 4.21 Å². The Morgan fingerprint density at radius 1 is 1.33 bits per heavy atom. The molecule has 158 valence electrons. The molecule has 2 N–H and O–H groups in total. The SMILES string of the molecule is C[C@@H]1COCCN1c1cc([C@H]2CCCS2(=N)=O)nc(-c2cc(Cl)nc3[nH]ccc23)n1. The molecule has 0 aliphatic carbocycles. The third-order valence-electron chi connectivity index (χ3n) is 5.84. The molecular weight excluding hydrogens is 424 g/mol. The number of anilines is 1. The van der Waals surface area contributed by atoms with Crippen LogP contribution in [0, 0.1) is 4.78 Å². The number of fused-ring (bicyclic) bond motifs is 1. The standard InChI is InChI=1S/C20H23ClN6O2S/c1-12-11-29-7-6-27(12)18-10-15(16-3-2-8-30(16,22)28)24-20(26-18)14-9-17(21)25-19-13(14)4-5-23-19/h4-5,9-10,12,16,22H,2-3,6-8,11H2,1H3,(H,23,25)/t12-,16-,30?/m1/s1. The smallest absolute Gasteiger partial charge is 0.162 e. The first-order chi connectivity index (χ1) is 14.4. The van der Waals surface area contributed by atoms with E-state index in [-0.39, 0.29) is 11.3 Å². The molecule has 3 atom stereocenters. The average Bonchev–Trinajstić information content (AvgIpc) is 3.32. The van der Waals surface area contributed by atoms with E-state index in [4.69, 9.17) is 31.1 Å². The Bertz CT molecular complexity index is 1210. The average molecular weight is 447 g/mol. The lowest BCUT2D eigenvalue weighted by Gasteiger charge is -2.34. The number of hydrogen-bond donors (Lipinski definition) is 2. The summed E-state index contributed by atoms with van der Waals surface area (Å²) in [6, 6.07) is 5.75. The molecular formula is C20H23ClN6O2S. The van der Waals surface area contributed by atoms with Crippen molar-refractivity contribution in [2.45, 2.75) is 31.1 Å². The summed E-state index contributed by atoms with van der Waals surface area (Å²) < 4.78 is 26.8. The van der Waals surface area contributed by atoms with Gasteiger partial charge in [0.05, 0.1) is 39.9 Å². The molecule has 8 nitrogen and oxygen atoms in total. The highest BCUT2D eigenvalue weighted by atomic mass is 35.5. The number of nitrogens with zero attached hydrogens (tertiary/aromatic N) is 4. The number of morpholine rings is 1. The van der Waals surface area contributed by atoms with Crippen LogP contribution in [0.3, 0.4) is 0 Å². The van der Waals surface area contributed by atoms with Gasteiger partial charge in [-0.15, -0.1) is 0 Å². The Hall–Kier alpha value is -2.23. The predicted octanol–water partition coefficient (Wildman–Crippen LogP) is 3.78. The van der Waals surface area contributed by atoms with Gasteiger partial charge in [-0.25, -0.2) is 19.2 Å². The summed E-state index contributed by atoms with van der Waals surface area (Å²) in [6.07, 6.45) is 3.28. The molecule has 0 radical (unpaired) electrons. The second-order valence-corrected chi connectivity index (χ2v) is 10.7. The molecule has 2 fully saturated rings. The highest BCUT2D eigenvalue weighted by Gasteiger charge is 2.32. The first-order valence-electron chi connectivity index (χ1n) is 10.0. The summed E-state index contributed by atoms with van der Waals surface area (Å²) in [5.41, 5.74) is 2.10. The van der Waals surface area contributed by atoms with E-state index >= 15 is 0 Å². The van der Waals surface area contributed by atoms with Crippen molar-refractivity contribution in [2.24, 2.45) is 0 Å². The van der Waals surface area contributed by atoms with E-state index in [0.717, 1.165) is 23.2 Å². The minimum Gasteiger partial charge on any atom is -0.377 e. The lowest BCUT2D eigenvalue weighted by Crippen LogP contribution is -2.44. The number of H-pyrrole nitrogens is 1. The summed E-state index contributed by atoms with van der Waals surface area (Å²) in [4.78, 5) is 19.3. The summed E-state index contributed by atoms with van der Waals surface area (Å²) in [5, 5.41) is 0.837. The van der Waals surface area contributed by atoms with E-state index in [1.165, 1.54) is 0 Å². The molecule has 2 saturated heterocycles. The minimum atomic E-state index is -2.72. The third kappa shape index (κ3) is 3.44. The molecule has 2 aliphatic heterocycles. The number of aromatic amines is 1. The van der Waals surface area contributed by atoms with Gasteiger partial charge >= 0.3 is 0 Å². The van der Waals surface area contributed by atoms with Gasteiger partial charge in [0, 0.05) is 35.5 Å². The van der Waals surface area contributed by atoms with Crippen LogP contribution in [0.15, 0.2) is 24.4 Å². The second-order valence-electron chi connectivity index (χ2n) is 7.89. The van der Waals surface area contributed by atoms with Crippen molar-refractivity contribution in [1.82, 2.24) is 19.9 Å². The van der Waals surface area contributed by atoms with E-state index < -0.39 is 9.73 Å². The van der Waals surface area contributed by atoms with Crippen LogP contribution in [0.5, 0.6) is 0 Å². The van der Waals surface area contributed by atoms with Crippen molar-refractivity contribution in [3.05, 3.63) is 35.2 Å². The van der Waals surface area contributed by atoms with E-state index in [1.54, 1.807) is 12.3 Å². The molecule has 2 aliphatic rings. The number of ether oxygens (including phenoxy) is 1. The number of hydrogen-bond acceptors (Lipinski definition) is 7. The molecule has 0 aromatic carbocycles. The quantitative estimate of drug-likeness (QED) is 0.593. The maximum atomic E-state index is 12.9. The highest BCUT2D eigenvalue weighted by Crippen LogP contribution is 2.37. The zero-order valence-electron chi connectivity index (χ0n) is 16.6. The molecule has 30 heavy (non-hydrogen) atoms. The number of rotatable bonds is 3. The lowest BCUT2D eigenvalue weighted by molar-refractivity contribution is 0.0985. The Labute approximate surface area is 180 Å². The van der Waals surface area contributed by atoms with Gasteiger partial charge in [0.2, 0.25) is 0 Å². The first-order valence-corrected chi connectivity index (χ1v) is 12.2. The second kappa shape index (κ2) is 7.47. The molecule has 10 heteroatoms. The molecule has 1 unspecified atom stereocenters. The zero-order valence-corrected chi connectivity index (χ0v) is 18.2. The fourth-order valence-electron chi connectivity index (χ4n) is 4.30. The van der Waals surface area contributed by atoms with Crippen LogP contribution in [-0.2, 0) is 14.5 Å². The molecule has 0 spiro atoms. The summed E-state index contributed by atoms with van der Waals surface area (Å²) in [5.74, 6) is 1.70. The summed E-state index contributed by atoms with van der Waals surface area (Å²) in [7, 11) is -2.72. The van der Waals surface area contributed by atoms with Crippen molar-refractivity contribution < 1.29 is 8.95 Å². The van der Waals surface area contributed by atoms with Crippen LogP contribution in [0.25, 0.3) is 22.4 Å². The van der Waals surface area contributed by atoms with Gasteiger partial charge in [0.1, 0.15) is 16.6 Å². The van der Waals surface area contributed by atoms with E-state index in [0.29, 0.717) is 54.3 Å². The third-order valence-corrected chi connectivity index (χ3v) is 8.32. The first kappa shape index (κ1) is 19.7. The Morgan fingerprint density at radius 3 is 2.97 bits per heavy atom. The molecule has 5 rings (SSSR count). The van der Waals surface area contributed by atoms with Crippen molar-refractivity contribution >= 4 is 38.2 Å². The van der Waals surface area contributed by atoms with Crippen molar-refractivity contribution in [2.75, 3.05) is 30.4 Å². The van der Waals surface area contributed by atoms with Crippen molar-refractivity contribution in [3.63, 3.8) is 0 Å². The topological polar surface area (TPSA) is 108 Å². The van der Waals surface area contributed by atoms with Crippen LogP contribution >= 0.6 is 11.6 Å². The fraction of sp³-hybridized carbons (Fsp3) is 0.450. The van der Waals surface area contributed by atoms with Crippen LogP contribution in [-0.4, -0.2) is 55.7 Å². The monoisotopic (exact) mass is 446 g/mol. The maximum absolute atomic E-state index is 12.9.